The minimum absolute atomic E-state index is 0.120. The van der Waals surface area contributed by atoms with Gasteiger partial charge in [-0.3, -0.25) is 0 Å². The summed E-state index contributed by atoms with van der Waals surface area (Å²) in [7, 11) is 0. The molecule has 0 N–H and O–H groups in total. The van der Waals surface area contributed by atoms with Crippen molar-refractivity contribution < 1.29 is 9.53 Å². The number of esters is 1. The van der Waals surface area contributed by atoms with Gasteiger partial charge in [0, 0.05) is 0 Å². The number of hydrogen-bond donors (Lipinski definition) is 0. The predicted molar refractivity (Wildman–Crippen MR) is 134 cm³/mol. The molecule has 2 nitrogen and oxygen atoms in total. The average Bonchev–Trinajstić information content (AvgIpc) is 2.79. The molecule has 0 saturated carbocycles. The molecule has 32 heavy (non-hydrogen) atoms. The maximum absolute atomic E-state index is 11.8. The van der Waals surface area contributed by atoms with Crippen molar-refractivity contribution in [1.82, 2.24) is 0 Å². The third kappa shape index (κ3) is 4.60. The first-order chi connectivity index (χ1) is 15.4. The number of ether oxygens (including phenoxy) is 1. The highest BCUT2D eigenvalue weighted by atomic mass is 16.5. The summed E-state index contributed by atoms with van der Waals surface area (Å²) in [5, 5.41) is 0. The molecule has 0 fully saturated rings. The van der Waals surface area contributed by atoms with E-state index >= 15 is 0 Å². The molecular formula is C30H30O2. The fraction of sp³-hybridized carbons (Fsp3) is 0.233. The van der Waals surface area contributed by atoms with Gasteiger partial charge in [-0.2, -0.15) is 0 Å². The van der Waals surface area contributed by atoms with E-state index in [2.05, 4.69) is 81.5 Å². The Kier molecular flexibility index (Phi) is 6.14. The second-order valence-corrected chi connectivity index (χ2v) is 9.05. The van der Waals surface area contributed by atoms with Crippen LogP contribution in [0.15, 0.2) is 72.8 Å². The van der Waals surface area contributed by atoms with E-state index < -0.39 is 0 Å². The molecule has 0 heterocycles. The zero-order chi connectivity index (χ0) is 22.7. The Hall–Kier alpha value is -3.39. The summed E-state index contributed by atoms with van der Waals surface area (Å²) >= 11 is 0. The van der Waals surface area contributed by atoms with Gasteiger partial charge in [0.15, 0.2) is 0 Å². The van der Waals surface area contributed by atoms with E-state index in [1.165, 1.54) is 27.8 Å². The zero-order valence-electron chi connectivity index (χ0n) is 19.3. The van der Waals surface area contributed by atoms with E-state index in [9.17, 15) is 4.79 Å². The van der Waals surface area contributed by atoms with E-state index in [-0.39, 0.29) is 11.4 Å². The lowest BCUT2D eigenvalue weighted by molar-refractivity contribution is 0.0526. The molecule has 0 spiro atoms. The standard InChI is InChI=1S/C30H30O2/c1-5-32-29(31)25-15-10-22(11-16-25)8-9-23-12-17-28-27(20-23)26(18-19-30(28,3)4)24-13-6-21(2)7-14-24/h6-18,20H,5,19H2,1-4H3. The second-order valence-electron chi connectivity index (χ2n) is 9.05. The number of rotatable bonds is 5. The number of allylic oxidation sites excluding steroid dienone is 1. The molecule has 2 heteroatoms. The van der Waals surface area contributed by atoms with E-state index in [1.807, 2.05) is 31.2 Å². The molecule has 3 aromatic carbocycles. The molecule has 0 saturated heterocycles. The van der Waals surface area contributed by atoms with Crippen LogP contribution >= 0.6 is 0 Å². The fourth-order valence-electron chi connectivity index (χ4n) is 4.20. The van der Waals surface area contributed by atoms with Crippen molar-refractivity contribution in [3.8, 4) is 0 Å². The van der Waals surface area contributed by atoms with Crippen LogP contribution in [0.3, 0.4) is 0 Å². The van der Waals surface area contributed by atoms with Gasteiger partial charge in [-0.1, -0.05) is 86.2 Å². The zero-order valence-corrected chi connectivity index (χ0v) is 19.3. The normalized spacial score (nSPS) is 14.7. The minimum Gasteiger partial charge on any atom is -0.462 e. The van der Waals surface area contributed by atoms with Gasteiger partial charge in [-0.25, -0.2) is 4.79 Å². The summed E-state index contributed by atoms with van der Waals surface area (Å²) in [6.45, 7) is 8.95. The summed E-state index contributed by atoms with van der Waals surface area (Å²) < 4.78 is 5.06. The number of aryl methyl sites for hydroxylation is 1. The highest BCUT2D eigenvalue weighted by Gasteiger charge is 2.28. The third-order valence-electron chi connectivity index (χ3n) is 6.13. The van der Waals surface area contributed by atoms with Crippen molar-refractivity contribution in [3.63, 3.8) is 0 Å². The van der Waals surface area contributed by atoms with E-state index in [1.54, 1.807) is 0 Å². The van der Waals surface area contributed by atoms with Gasteiger partial charge in [-0.05, 0) is 77.3 Å². The highest BCUT2D eigenvalue weighted by Crippen LogP contribution is 2.41. The first-order valence-corrected chi connectivity index (χ1v) is 11.2. The monoisotopic (exact) mass is 422 g/mol. The number of carbonyl (C=O) groups is 1. The van der Waals surface area contributed by atoms with Crippen LogP contribution in [0, 0.1) is 6.92 Å². The Morgan fingerprint density at radius 2 is 1.59 bits per heavy atom. The van der Waals surface area contributed by atoms with Crippen molar-refractivity contribution >= 4 is 23.7 Å². The lowest BCUT2D eigenvalue weighted by Gasteiger charge is -2.32. The molecular weight excluding hydrogens is 392 g/mol. The van der Waals surface area contributed by atoms with Crippen LogP contribution in [0.1, 0.15) is 70.9 Å². The molecule has 3 aromatic rings. The van der Waals surface area contributed by atoms with Crippen molar-refractivity contribution in [3.05, 3.63) is 112 Å². The Labute approximate surface area is 191 Å². The van der Waals surface area contributed by atoms with Crippen molar-refractivity contribution in [2.75, 3.05) is 6.61 Å². The van der Waals surface area contributed by atoms with Gasteiger partial charge in [0.1, 0.15) is 0 Å². The summed E-state index contributed by atoms with van der Waals surface area (Å²) in [5.41, 5.74) is 9.46. The van der Waals surface area contributed by atoms with Gasteiger partial charge >= 0.3 is 5.97 Å². The van der Waals surface area contributed by atoms with Crippen molar-refractivity contribution in [1.29, 1.82) is 0 Å². The molecule has 0 aliphatic heterocycles. The maximum Gasteiger partial charge on any atom is 0.338 e. The molecule has 1 aliphatic carbocycles. The van der Waals surface area contributed by atoms with Gasteiger partial charge in [-0.15, -0.1) is 0 Å². The Bertz CT molecular complexity index is 1180. The SMILES string of the molecule is CCOC(=O)c1ccc(C=Cc2ccc3c(c2)C(c2ccc(C)cc2)=CCC3(C)C)cc1. The van der Waals surface area contributed by atoms with Crippen molar-refractivity contribution in [2.24, 2.45) is 0 Å². The predicted octanol–water partition coefficient (Wildman–Crippen LogP) is 7.46. The van der Waals surface area contributed by atoms with Gasteiger partial charge in [0.05, 0.1) is 12.2 Å². The van der Waals surface area contributed by atoms with Crippen LogP contribution in [-0.2, 0) is 10.2 Å². The molecule has 0 aromatic heterocycles. The highest BCUT2D eigenvalue weighted by molar-refractivity contribution is 5.90. The molecule has 0 amide bonds. The molecule has 162 valence electrons. The lowest BCUT2D eigenvalue weighted by Crippen LogP contribution is -2.21. The first kappa shape index (κ1) is 21.8. The van der Waals surface area contributed by atoms with E-state index in [0.717, 1.165) is 17.5 Å². The summed E-state index contributed by atoms with van der Waals surface area (Å²) in [6, 6.07) is 23.1. The third-order valence-corrected chi connectivity index (χ3v) is 6.13. The van der Waals surface area contributed by atoms with Crippen LogP contribution in [-0.4, -0.2) is 12.6 Å². The first-order valence-electron chi connectivity index (χ1n) is 11.2. The molecule has 1 aliphatic rings. The topological polar surface area (TPSA) is 26.3 Å². The molecule has 0 atom stereocenters. The summed E-state index contributed by atoms with van der Waals surface area (Å²) in [4.78, 5) is 11.8. The van der Waals surface area contributed by atoms with E-state index in [4.69, 9.17) is 4.74 Å². The van der Waals surface area contributed by atoms with Gasteiger partial charge in [0.2, 0.25) is 0 Å². The molecule has 0 bridgehead atoms. The number of fused-ring (bicyclic) bond motifs is 1. The largest absolute Gasteiger partial charge is 0.462 e. The van der Waals surface area contributed by atoms with Gasteiger partial charge < -0.3 is 4.74 Å². The fourth-order valence-corrected chi connectivity index (χ4v) is 4.20. The van der Waals surface area contributed by atoms with Crippen LogP contribution in [0.5, 0.6) is 0 Å². The smallest absolute Gasteiger partial charge is 0.338 e. The number of hydrogen-bond acceptors (Lipinski definition) is 2. The van der Waals surface area contributed by atoms with Gasteiger partial charge in [0.25, 0.3) is 0 Å². The maximum atomic E-state index is 11.8. The van der Waals surface area contributed by atoms with Crippen molar-refractivity contribution in [2.45, 2.75) is 39.5 Å². The Balaban J connectivity index is 1.63. The molecule has 0 radical (unpaired) electrons. The summed E-state index contributed by atoms with van der Waals surface area (Å²) in [6.07, 6.45) is 7.63. The number of carbonyl (C=O) groups excluding carboxylic acids is 1. The Morgan fingerprint density at radius 1 is 0.938 bits per heavy atom. The van der Waals surface area contributed by atoms with Crippen LogP contribution < -0.4 is 0 Å². The second kappa shape index (κ2) is 9.00. The minimum atomic E-state index is -0.282. The quantitative estimate of drug-likeness (QED) is 0.315. The Morgan fingerprint density at radius 3 is 2.28 bits per heavy atom. The molecule has 0 unspecified atom stereocenters. The van der Waals surface area contributed by atoms with Crippen LogP contribution in [0.25, 0.3) is 17.7 Å². The number of benzene rings is 3. The van der Waals surface area contributed by atoms with Crippen LogP contribution in [0.4, 0.5) is 0 Å². The lowest BCUT2D eigenvalue weighted by atomic mass is 9.72. The van der Waals surface area contributed by atoms with E-state index in [0.29, 0.717) is 12.2 Å². The summed E-state index contributed by atoms with van der Waals surface area (Å²) in [5.74, 6) is -0.282. The van der Waals surface area contributed by atoms with Crippen LogP contribution in [0.2, 0.25) is 0 Å². The molecule has 4 rings (SSSR count). The average molecular weight is 423 g/mol.